The molecule has 4 rings (SSSR count). The predicted molar refractivity (Wildman–Crippen MR) is 122 cm³/mol. The van der Waals surface area contributed by atoms with Gasteiger partial charge in [-0.1, -0.05) is 0 Å². The van der Waals surface area contributed by atoms with Gasteiger partial charge in [0.2, 0.25) is 0 Å². The summed E-state index contributed by atoms with van der Waals surface area (Å²) in [5.74, 6) is 0. The van der Waals surface area contributed by atoms with E-state index in [-0.39, 0.29) is 20.7 Å². The van der Waals surface area contributed by atoms with Crippen molar-refractivity contribution in [2.24, 2.45) is 0 Å². The summed E-state index contributed by atoms with van der Waals surface area (Å²) < 4.78 is 2.65. The second-order valence-corrected chi connectivity index (χ2v) is 18.1. The molecule has 0 aliphatic heterocycles. The Morgan fingerprint density at radius 3 is 1.54 bits per heavy atom. The summed E-state index contributed by atoms with van der Waals surface area (Å²) in [7, 11) is 0. The molecule has 0 bridgehead atoms. The van der Waals surface area contributed by atoms with Crippen molar-refractivity contribution in [1.29, 1.82) is 0 Å². The summed E-state index contributed by atoms with van der Waals surface area (Å²) in [6.07, 6.45) is 1.11. The fraction of sp³-hybridized carbons (Fsp3) is 0.0400. The quantitative estimate of drug-likeness (QED) is 0.251. The summed E-state index contributed by atoms with van der Waals surface area (Å²) in [5.41, 5.74) is 1.42. The summed E-state index contributed by atoms with van der Waals surface area (Å²) in [6, 6.07) is 42.4. The molecule has 0 radical (unpaired) electrons. The van der Waals surface area contributed by atoms with Gasteiger partial charge in [-0.05, 0) is 0 Å². The minimum atomic E-state index is -1.57. The summed E-state index contributed by atoms with van der Waals surface area (Å²) in [5, 5.41) is 3.03. The standard InChI is InChI=1S/C25H21BrIP/c26-22-18-16-21(17-19-22)20-28(24-12-6-2-7-13-24,25-14-8-3-9-15-25)27-23-10-4-1-5-11-23/h1-19H,20H2. The fourth-order valence-electron chi connectivity index (χ4n) is 3.27. The van der Waals surface area contributed by atoms with Gasteiger partial charge in [-0.15, -0.1) is 0 Å². The van der Waals surface area contributed by atoms with E-state index in [2.05, 4.69) is 131 Å². The maximum atomic E-state index is 3.58. The van der Waals surface area contributed by atoms with E-state index in [9.17, 15) is 0 Å². The average molecular weight is 559 g/mol. The van der Waals surface area contributed by atoms with Crippen molar-refractivity contribution in [3.63, 3.8) is 0 Å². The van der Waals surface area contributed by atoms with Crippen molar-refractivity contribution in [3.8, 4) is 0 Å². The van der Waals surface area contributed by atoms with E-state index < -0.39 is 4.90 Å². The van der Waals surface area contributed by atoms with E-state index in [1.807, 2.05) is 0 Å². The molecule has 0 aliphatic rings. The van der Waals surface area contributed by atoms with E-state index >= 15 is 0 Å². The van der Waals surface area contributed by atoms with Crippen molar-refractivity contribution < 1.29 is 20.7 Å². The molecule has 0 aromatic heterocycles. The fourth-order valence-corrected chi connectivity index (χ4v) is 16.4. The SMILES string of the molecule is Brc1ccc(C[P+]([I-]c2ccccc2)(c2ccccc2)c2ccccc2)cc1. The molecule has 0 heterocycles. The van der Waals surface area contributed by atoms with Crippen LogP contribution in [-0.4, -0.2) is 0 Å². The first-order valence-electron chi connectivity index (χ1n) is 9.22. The molecule has 0 unspecified atom stereocenters. The monoisotopic (exact) mass is 558 g/mol. The van der Waals surface area contributed by atoms with Crippen LogP contribution in [0.4, 0.5) is 0 Å². The molecule has 0 nitrogen and oxygen atoms in total. The van der Waals surface area contributed by atoms with Crippen molar-refractivity contribution in [2.45, 2.75) is 6.16 Å². The van der Waals surface area contributed by atoms with Crippen LogP contribution in [0.2, 0.25) is 0 Å². The predicted octanol–water partition coefficient (Wildman–Crippen LogP) is 3.49. The third-order valence-electron chi connectivity index (χ3n) is 4.62. The Labute approximate surface area is 186 Å². The van der Waals surface area contributed by atoms with Gasteiger partial charge in [-0.2, -0.15) is 0 Å². The molecule has 0 saturated heterocycles. The van der Waals surface area contributed by atoms with Crippen LogP contribution in [0.5, 0.6) is 0 Å². The number of hydrogen-bond donors (Lipinski definition) is 0. The van der Waals surface area contributed by atoms with Gasteiger partial charge in [0.05, 0.1) is 0 Å². The van der Waals surface area contributed by atoms with Gasteiger partial charge < -0.3 is 0 Å². The molecule has 0 amide bonds. The van der Waals surface area contributed by atoms with Crippen molar-refractivity contribution in [1.82, 2.24) is 0 Å². The third kappa shape index (κ3) is 4.56. The Kier molecular flexibility index (Phi) is 6.61. The normalized spacial score (nSPS) is 11.5. The van der Waals surface area contributed by atoms with Crippen LogP contribution in [0.15, 0.2) is 120 Å². The second kappa shape index (κ2) is 9.35. The van der Waals surface area contributed by atoms with Crippen LogP contribution in [0.3, 0.4) is 0 Å². The third-order valence-corrected chi connectivity index (χ3v) is 17.9. The van der Waals surface area contributed by atoms with Crippen LogP contribution in [0, 0.1) is 3.57 Å². The first-order valence-corrected chi connectivity index (χ1v) is 15.8. The molecule has 0 aliphatic carbocycles. The van der Waals surface area contributed by atoms with Gasteiger partial charge in [0.1, 0.15) is 0 Å². The molecule has 4 aromatic carbocycles. The number of rotatable bonds is 6. The molecule has 0 fully saturated rings. The average Bonchev–Trinajstić information content (AvgIpc) is 2.77. The zero-order valence-corrected chi connectivity index (χ0v) is 20.0. The molecule has 140 valence electrons. The molecule has 0 atom stereocenters. The molecular weight excluding hydrogens is 538 g/mol. The topological polar surface area (TPSA) is 0 Å². The minimum absolute atomic E-state index is 0.217. The Hall–Kier alpha value is -1.48. The van der Waals surface area contributed by atoms with Gasteiger partial charge in [0.25, 0.3) is 0 Å². The second-order valence-electron chi connectivity index (χ2n) is 6.55. The van der Waals surface area contributed by atoms with Gasteiger partial charge in [0.15, 0.2) is 0 Å². The van der Waals surface area contributed by atoms with Crippen LogP contribution in [-0.2, 0) is 6.16 Å². The first kappa shape index (κ1) is 19.8. The van der Waals surface area contributed by atoms with Crippen molar-refractivity contribution in [3.05, 3.63) is 129 Å². The van der Waals surface area contributed by atoms with Crippen molar-refractivity contribution in [2.75, 3.05) is 0 Å². The summed E-state index contributed by atoms with van der Waals surface area (Å²) >= 11 is 3.37. The van der Waals surface area contributed by atoms with E-state index in [1.54, 1.807) is 0 Å². The zero-order valence-electron chi connectivity index (χ0n) is 15.4. The molecule has 0 N–H and O–H groups in total. The van der Waals surface area contributed by atoms with Crippen LogP contribution in [0.25, 0.3) is 0 Å². The number of benzene rings is 4. The Balaban J connectivity index is 1.89. The molecule has 3 heteroatoms. The van der Waals surface area contributed by atoms with Gasteiger partial charge >= 0.3 is 187 Å². The van der Waals surface area contributed by atoms with E-state index in [0.717, 1.165) is 10.6 Å². The Morgan fingerprint density at radius 2 is 1.04 bits per heavy atom. The van der Waals surface area contributed by atoms with E-state index in [4.69, 9.17) is 0 Å². The summed E-state index contributed by atoms with van der Waals surface area (Å²) in [6.45, 7) is 0. The molecule has 28 heavy (non-hydrogen) atoms. The molecule has 0 spiro atoms. The van der Waals surface area contributed by atoms with E-state index in [0.29, 0.717) is 0 Å². The van der Waals surface area contributed by atoms with Gasteiger partial charge in [0, 0.05) is 0 Å². The van der Waals surface area contributed by atoms with Gasteiger partial charge in [-0.3, -0.25) is 0 Å². The van der Waals surface area contributed by atoms with Crippen molar-refractivity contribution >= 4 is 31.4 Å². The van der Waals surface area contributed by atoms with Crippen LogP contribution >= 0.6 is 20.8 Å². The van der Waals surface area contributed by atoms with E-state index in [1.165, 1.54) is 19.7 Å². The Morgan fingerprint density at radius 1 is 0.571 bits per heavy atom. The zero-order chi connectivity index (χ0) is 19.2. The number of hydrogen-bond acceptors (Lipinski definition) is 0. The number of halogens is 2. The van der Waals surface area contributed by atoms with Crippen LogP contribution < -0.4 is 31.3 Å². The molecule has 4 aromatic rings. The maximum absolute atomic E-state index is 3.58. The Bertz CT molecular complexity index is 963. The van der Waals surface area contributed by atoms with Crippen LogP contribution in [0.1, 0.15) is 5.56 Å². The first-order chi connectivity index (χ1) is 13.8. The molecule has 0 saturated carbocycles. The molecular formula is C25H21BrIP. The summed E-state index contributed by atoms with van der Waals surface area (Å²) in [4.78, 5) is -1.57. The van der Waals surface area contributed by atoms with Gasteiger partial charge in [-0.25, -0.2) is 0 Å².